The number of morpholine rings is 1. The van der Waals surface area contributed by atoms with Crippen molar-refractivity contribution < 1.29 is 19.0 Å². The van der Waals surface area contributed by atoms with Crippen LogP contribution in [0.4, 0.5) is 0 Å². The molecule has 1 saturated carbocycles. The van der Waals surface area contributed by atoms with Crippen LogP contribution in [-0.4, -0.2) is 60.7 Å². The number of thioether (sulfide) groups is 1. The Morgan fingerprint density at radius 1 is 1.15 bits per heavy atom. The molecular weight excluding hydrogens is 538 g/mol. The highest BCUT2D eigenvalue weighted by Gasteiger charge is 2.47. The summed E-state index contributed by atoms with van der Waals surface area (Å²) in [4.78, 5) is 31.9. The molecule has 1 saturated heterocycles. The maximum absolute atomic E-state index is 13.2. The van der Waals surface area contributed by atoms with Crippen molar-refractivity contribution in [2.45, 2.75) is 63.7 Å². The molecule has 1 aromatic carbocycles. The van der Waals surface area contributed by atoms with Gasteiger partial charge in [0.1, 0.15) is 0 Å². The van der Waals surface area contributed by atoms with Crippen molar-refractivity contribution in [3.63, 3.8) is 0 Å². The first-order valence-corrected chi connectivity index (χ1v) is 15.3. The summed E-state index contributed by atoms with van der Waals surface area (Å²) in [6.07, 6.45) is 6.22. The Balaban J connectivity index is 1.25. The normalized spacial score (nSPS) is 25.1. The number of carbonyl (C=O) groups excluding carboxylic acids is 1. The van der Waals surface area contributed by atoms with Crippen molar-refractivity contribution in [1.29, 1.82) is 0 Å². The lowest BCUT2D eigenvalue weighted by atomic mass is 9.78. The molecule has 5 rings (SSSR count). The van der Waals surface area contributed by atoms with E-state index in [1.165, 1.54) is 11.8 Å². The Morgan fingerprint density at radius 2 is 1.85 bits per heavy atom. The second-order valence-electron chi connectivity index (χ2n) is 11.1. The Bertz CT molecular complexity index is 1290. The SMILES string of the molecule is CSc1cc(C)[nH]c(=O)c1CNC(=O)c1cc(Cl)c2c(c1C)O[C@](C)([C@H]1CC[C@H](CN3CCOCC3)CC1)O2. The van der Waals surface area contributed by atoms with Crippen molar-refractivity contribution in [2.24, 2.45) is 11.8 Å². The molecular formula is C29H38ClN3O5S. The fourth-order valence-corrected chi connectivity index (χ4v) is 7.01. The fraction of sp³-hybridized carbons (Fsp3) is 0.586. The molecule has 212 valence electrons. The highest BCUT2D eigenvalue weighted by Crippen LogP contribution is 2.52. The number of H-pyrrole nitrogens is 1. The Kier molecular flexibility index (Phi) is 8.52. The molecule has 0 unspecified atom stereocenters. The van der Waals surface area contributed by atoms with Gasteiger partial charge in [-0.3, -0.25) is 14.5 Å². The first-order chi connectivity index (χ1) is 18.7. The average molecular weight is 576 g/mol. The standard InChI is InChI=1S/C29H38ClN3O5S/c1-17-13-24(39-4)22(28(35)32-17)15-31-27(34)21-14-23(30)26-25(18(21)2)37-29(3,38-26)20-7-5-19(6-8-20)16-33-9-11-36-12-10-33/h13-14,19-20H,5-12,15-16H2,1-4H3,(H,31,34)(H,32,35)/t19-,20-,29-/m0/s1. The predicted molar refractivity (Wildman–Crippen MR) is 153 cm³/mol. The van der Waals surface area contributed by atoms with Crippen LogP contribution in [0.5, 0.6) is 11.5 Å². The number of benzene rings is 1. The monoisotopic (exact) mass is 575 g/mol. The van der Waals surface area contributed by atoms with E-state index in [1.807, 2.05) is 33.1 Å². The highest BCUT2D eigenvalue weighted by atomic mass is 35.5. The second kappa shape index (κ2) is 11.7. The van der Waals surface area contributed by atoms with E-state index in [2.05, 4.69) is 15.2 Å². The van der Waals surface area contributed by atoms with Crippen LogP contribution in [0.25, 0.3) is 0 Å². The van der Waals surface area contributed by atoms with E-state index in [-0.39, 0.29) is 23.9 Å². The third-order valence-electron chi connectivity index (χ3n) is 8.38. The zero-order valence-electron chi connectivity index (χ0n) is 23.2. The number of amides is 1. The largest absolute Gasteiger partial charge is 0.448 e. The van der Waals surface area contributed by atoms with Crippen LogP contribution in [0.15, 0.2) is 21.8 Å². The molecule has 10 heteroatoms. The topological polar surface area (TPSA) is 92.9 Å². The summed E-state index contributed by atoms with van der Waals surface area (Å²) in [5.41, 5.74) is 2.21. The van der Waals surface area contributed by atoms with Crippen LogP contribution in [0.3, 0.4) is 0 Å². The molecule has 1 aromatic heterocycles. The van der Waals surface area contributed by atoms with Crippen molar-refractivity contribution in [3.8, 4) is 11.5 Å². The smallest absolute Gasteiger partial charge is 0.254 e. The van der Waals surface area contributed by atoms with Gasteiger partial charge in [-0.25, -0.2) is 0 Å². The van der Waals surface area contributed by atoms with Gasteiger partial charge in [0, 0.05) is 66.3 Å². The van der Waals surface area contributed by atoms with Crippen LogP contribution >= 0.6 is 23.4 Å². The number of hydrogen-bond acceptors (Lipinski definition) is 7. The molecule has 2 N–H and O–H groups in total. The number of fused-ring (bicyclic) bond motifs is 1. The highest BCUT2D eigenvalue weighted by molar-refractivity contribution is 7.98. The molecule has 1 amide bonds. The molecule has 0 radical (unpaired) electrons. The summed E-state index contributed by atoms with van der Waals surface area (Å²) >= 11 is 8.12. The third-order valence-corrected chi connectivity index (χ3v) is 9.46. The Hall–Kier alpha value is -2.20. The number of nitrogens with one attached hydrogen (secondary N) is 2. The fourth-order valence-electron chi connectivity index (χ4n) is 6.07. The number of aryl methyl sites for hydroxylation is 1. The summed E-state index contributed by atoms with van der Waals surface area (Å²) in [5, 5.41) is 3.24. The van der Waals surface area contributed by atoms with E-state index in [0.29, 0.717) is 39.1 Å². The lowest BCUT2D eigenvalue weighted by Crippen LogP contribution is -2.46. The average Bonchev–Trinajstić information content (AvgIpc) is 3.30. The molecule has 1 atom stereocenters. The van der Waals surface area contributed by atoms with Gasteiger partial charge in [-0.15, -0.1) is 11.8 Å². The molecule has 0 bridgehead atoms. The second-order valence-corrected chi connectivity index (χ2v) is 12.3. The van der Waals surface area contributed by atoms with Crippen molar-refractivity contribution in [3.05, 3.63) is 49.9 Å². The van der Waals surface area contributed by atoms with Crippen molar-refractivity contribution in [1.82, 2.24) is 15.2 Å². The van der Waals surface area contributed by atoms with Crippen LogP contribution < -0.4 is 20.3 Å². The maximum atomic E-state index is 13.2. The quantitative estimate of drug-likeness (QED) is 0.453. The van der Waals surface area contributed by atoms with Gasteiger partial charge in [0.25, 0.3) is 17.3 Å². The van der Waals surface area contributed by atoms with Gasteiger partial charge in [-0.05, 0) is 63.8 Å². The summed E-state index contributed by atoms with van der Waals surface area (Å²) in [7, 11) is 0. The van der Waals surface area contributed by atoms with Crippen LogP contribution in [0.1, 0.15) is 59.8 Å². The molecule has 2 fully saturated rings. The first-order valence-electron chi connectivity index (χ1n) is 13.7. The van der Waals surface area contributed by atoms with Gasteiger partial charge in [0.05, 0.1) is 18.2 Å². The van der Waals surface area contributed by atoms with Crippen LogP contribution in [-0.2, 0) is 11.3 Å². The van der Waals surface area contributed by atoms with E-state index in [1.54, 1.807) is 6.07 Å². The maximum Gasteiger partial charge on any atom is 0.254 e. The van der Waals surface area contributed by atoms with Gasteiger partial charge in [-0.2, -0.15) is 0 Å². The molecule has 8 nitrogen and oxygen atoms in total. The van der Waals surface area contributed by atoms with Gasteiger partial charge < -0.3 is 24.5 Å². The number of carbonyl (C=O) groups is 1. The lowest BCUT2D eigenvalue weighted by molar-refractivity contribution is -0.123. The van der Waals surface area contributed by atoms with E-state index in [9.17, 15) is 9.59 Å². The van der Waals surface area contributed by atoms with Crippen LogP contribution in [0.2, 0.25) is 5.02 Å². The van der Waals surface area contributed by atoms with Crippen LogP contribution in [0, 0.1) is 25.7 Å². The molecule has 2 aliphatic heterocycles. The Labute approximate surface area is 239 Å². The minimum Gasteiger partial charge on any atom is -0.448 e. The molecule has 3 aliphatic rings. The van der Waals surface area contributed by atoms with E-state index in [0.717, 1.165) is 69.1 Å². The molecule has 3 heterocycles. The molecule has 1 aliphatic carbocycles. The number of pyridine rings is 1. The van der Waals surface area contributed by atoms with Gasteiger partial charge in [0.2, 0.25) is 0 Å². The predicted octanol–water partition coefficient (Wildman–Crippen LogP) is 4.92. The van der Waals surface area contributed by atoms with Crippen molar-refractivity contribution in [2.75, 3.05) is 39.1 Å². The third kappa shape index (κ3) is 5.97. The number of rotatable bonds is 7. The summed E-state index contributed by atoms with van der Waals surface area (Å²) in [6.45, 7) is 10.6. The number of aromatic nitrogens is 1. The Morgan fingerprint density at radius 3 is 2.54 bits per heavy atom. The van der Waals surface area contributed by atoms with E-state index < -0.39 is 5.79 Å². The zero-order chi connectivity index (χ0) is 27.7. The molecule has 39 heavy (non-hydrogen) atoms. The number of ether oxygens (including phenoxy) is 3. The number of hydrogen-bond donors (Lipinski definition) is 2. The lowest BCUT2D eigenvalue weighted by Gasteiger charge is -2.39. The minimum absolute atomic E-state index is 0.113. The van der Waals surface area contributed by atoms with Gasteiger partial charge in [0.15, 0.2) is 11.5 Å². The number of aromatic amines is 1. The van der Waals surface area contributed by atoms with Crippen molar-refractivity contribution >= 4 is 29.3 Å². The number of halogens is 1. The van der Waals surface area contributed by atoms with Gasteiger partial charge >= 0.3 is 0 Å². The van der Waals surface area contributed by atoms with Gasteiger partial charge in [-0.1, -0.05) is 11.6 Å². The van der Waals surface area contributed by atoms with E-state index >= 15 is 0 Å². The first kappa shape index (κ1) is 28.3. The molecule has 0 spiro atoms. The zero-order valence-corrected chi connectivity index (χ0v) is 24.7. The summed E-state index contributed by atoms with van der Waals surface area (Å²) < 4.78 is 18.4. The molecule has 2 aromatic rings. The minimum atomic E-state index is -0.821. The number of nitrogens with zero attached hydrogens (tertiary/aromatic N) is 1. The summed E-state index contributed by atoms with van der Waals surface area (Å²) in [6, 6.07) is 3.54. The summed E-state index contributed by atoms with van der Waals surface area (Å²) in [5.74, 6) is 0.812. The van der Waals surface area contributed by atoms with E-state index in [4.69, 9.17) is 25.8 Å².